The second kappa shape index (κ2) is 5.31. The largest absolute Gasteiger partial charge is 0.399 e. The minimum absolute atomic E-state index is 0.0710. The molecule has 4 heteroatoms. The van der Waals surface area contributed by atoms with Crippen molar-refractivity contribution in [3.63, 3.8) is 0 Å². The van der Waals surface area contributed by atoms with Gasteiger partial charge < -0.3 is 11.1 Å². The molecule has 2 rings (SSSR count). The van der Waals surface area contributed by atoms with Crippen molar-refractivity contribution in [1.29, 1.82) is 0 Å². The van der Waals surface area contributed by atoms with Gasteiger partial charge in [0.2, 0.25) is 0 Å². The Bertz CT molecular complexity index is 522. The van der Waals surface area contributed by atoms with Gasteiger partial charge in [0, 0.05) is 18.1 Å². The van der Waals surface area contributed by atoms with E-state index < -0.39 is 0 Å². The molecule has 0 aliphatic heterocycles. The molecule has 3 N–H and O–H groups in total. The fourth-order valence-corrected chi connectivity index (χ4v) is 1.65. The van der Waals surface area contributed by atoms with Crippen molar-refractivity contribution in [1.82, 2.24) is 10.3 Å². The first-order valence-corrected chi connectivity index (χ1v) is 5.73. The molecular weight excluding hydrogens is 226 g/mol. The highest BCUT2D eigenvalue weighted by Gasteiger charge is 2.10. The van der Waals surface area contributed by atoms with Gasteiger partial charge >= 0.3 is 0 Å². The second-order valence-corrected chi connectivity index (χ2v) is 4.10. The first-order chi connectivity index (χ1) is 8.66. The molecule has 4 nitrogen and oxygen atoms in total. The van der Waals surface area contributed by atoms with Gasteiger partial charge in [0.1, 0.15) is 0 Å². The molecule has 0 radical (unpaired) electrons. The first kappa shape index (κ1) is 12.1. The third-order valence-electron chi connectivity index (χ3n) is 2.71. The fraction of sp³-hybridized carbons (Fsp3) is 0.143. The van der Waals surface area contributed by atoms with Crippen LogP contribution >= 0.6 is 0 Å². The number of carbonyl (C=O) groups is 1. The highest BCUT2D eigenvalue weighted by molar-refractivity contribution is 5.94. The summed E-state index contributed by atoms with van der Waals surface area (Å²) in [6, 6.07) is 10.9. The van der Waals surface area contributed by atoms with E-state index in [1.54, 1.807) is 24.5 Å². The van der Waals surface area contributed by atoms with Crippen LogP contribution in [0.25, 0.3) is 0 Å². The fourth-order valence-electron chi connectivity index (χ4n) is 1.65. The average molecular weight is 241 g/mol. The molecule has 0 saturated heterocycles. The van der Waals surface area contributed by atoms with Crippen molar-refractivity contribution in [2.24, 2.45) is 0 Å². The number of rotatable bonds is 3. The van der Waals surface area contributed by atoms with Crippen LogP contribution in [-0.4, -0.2) is 10.9 Å². The summed E-state index contributed by atoms with van der Waals surface area (Å²) in [5.41, 5.74) is 7.91. The van der Waals surface area contributed by atoms with Gasteiger partial charge in [-0.3, -0.25) is 9.78 Å². The Kier molecular flexibility index (Phi) is 3.57. The standard InChI is InChI=1S/C14H15N3O/c1-10(11-4-6-13(15)7-5-11)17-14(18)12-3-2-8-16-9-12/h2-10H,15H2,1H3,(H,17,18). The number of nitrogens with zero attached hydrogens (tertiary/aromatic N) is 1. The van der Waals surface area contributed by atoms with Crippen LogP contribution in [-0.2, 0) is 0 Å². The summed E-state index contributed by atoms with van der Waals surface area (Å²) in [6.45, 7) is 1.93. The smallest absolute Gasteiger partial charge is 0.253 e. The number of nitrogen functional groups attached to an aromatic ring is 1. The molecule has 18 heavy (non-hydrogen) atoms. The van der Waals surface area contributed by atoms with Crippen LogP contribution in [0.2, 0.25) is 0 Å². The lowest BCUT2D eigenvalue weighted by molar-refractivity contribution is 0.0939. The highest BCUT2D eigenvalue weighted by atomic mass is 16.1. The molecule has 1 unspecified atom stereocenters. The topological polar surface area (TPSA) is 68.0 Å². The molecule has 1 amide bonds. The lowest BCUT2D eigenvalue weighted by Crippen LogP contribution is -2.26. The minimum atomic E-state index is -0.132. The molecule has 92 valence electrons. The van der Waals surface area contributed by atoms with Gasteiger partial charge in [0.25, 0.3) is 5.91 Å². The molecule has 0 spiro atoms. The molecule has 0 fully saturated rings. The summed E-state index contributed by atoms with van der Waals surface area (Å²) < 4.78 is 0. The van der Waals surface area contributed by atoms with Crippen LogP contribution in [0.15, 0.2) is 48.8 Å². The van der Waals surface area contributed by atoms with E-state index in [-0.39, 0.29) is 11.9 Å². The van der Waals surface area contributed by atoms with Crippen molar-refractivity contribution >= 4 is 11.6 Å². The van der Waals surface area contributed by atoms with Gasteiger partial charge in [0.15, 0.2) is 0 Å². The van der Waals surface area contributed by atoms with Crippen LogP contribution in [0.5, 0.6) is 0 Å². The van der Waals surface area contributed by atoms with E-state index in [1.165, 1.54) is 0 Å². The zero-order valence-electron chi connectivity index (χ0n) is 10.1. The lowest BCUT2D eigenvalue weighted by atomic mass is 10.1. The van der Waals surface area contributed by atoms with E-state index in [1.807, 2.05) is 31.2 Å². The number of benzene rings is 1. The third kappa shape index (κ3) is 2.85. The van der Waals surface area contributed by atoms with Gasteiger partial charge in [-0.1, -0.05) is 12.1 Å². The Labute approximate surface area is 106 Å². The number of pyridine rings is 1. The van der Waals surface area contributed by atoms with Gasteiger partial charge in [0.05, 0.1) is 11.6 Å². The molecule has 0 aliphatic carbocycles. The third-order valence-corrected chi connectivity index (χ3v) is 2.71. The second-order valence-electron chi connectivity index (χ2n) is 4.10. The Hall–Kier alpha value is -2.36. The van der Waals surface area contributed by atoms with Gasteiger partial charge in [-0.2, -0.15) is 0 Å². The molecule has 1 aromatic heterocycles. The van der Waals surface area contributed by atoms with Crippen LogP contribution < -0.4 is 11.1 Å². The van der Waals surface area contributed by atoms with Crippen molar-refractivity contribution in [3.05, 3.63) is 59.9 Å². The summed E-state index contributed by atoms with van der Waals surface area (Å²) in [7, 11) is 0. The van der Waals surface area contributed by atoms with Crippen LogP contribution in [0.3, 0.4) is 0 Å². The van der Waals surface area contributed by atoms with Gasteiger partial charge in [-0.25, -0.2) is 0 Å². The van der Waals surface area contributed by atoms with Crippen molar-refractivity contribution in [2.45, 2.75) is 13.0 Å². The minimum Gasteiger partial charge on any atom is -0.399 e. The molecular formula is C14H15N3O. The van der Waals surface area contributed by atoms with Crippen molar-refractivity contribution < 1.29 is 4.79 Å². The zero-order chi connectivity index (χ0) is 13.0. The summed E-state index contributed by atoms with van der Waals surface area (Å²) in [4.78, 5) is 15.8. The predicted octanol–water partition coefficient (Wildman–Crippen LogP) is 2.15. The Balaban J connectivity index is 2.06. The molecule has 1 aromatic carbocycles. The number of nitrogens with two attached hydrogens (primary N) is 1. The van der Waals surface area contributed by atoms with Crippen LogP contribution in [0.4, 0.5) is 5.69 Å². The maximum atomic E-state index is 11.9. The molecule has 0 saturated carbocycles. The average Bonchev–Trinajstić information content (AvgIpc) is 2.40. The van der Waals surface area contributed by atoms with Crippen LogP contribution in [0.1, 0.15) is 28.9 Å². The number of anilines is 1. The van der Waals surface area contributed by atoms with Crippen molar-refractivity contribution in [3.8, 4) is 0 Å². The molecule has 0 aliphatic rings. The maximum Gasteiger partial charge on any atom is 0.253 e. The Morgan fingerprint density at radius 1 is 1.28 bits per heavy atom. The monoisotopic (exact) mass is 241 g/mol. The first-order valence-electron chi connectivity index (χ1n) is 5.73. The number of carbonyl (C=O) groups excluding carboxylic acids is 1. The normalized spacial score (nSPS) is 11.8. The van der Waals surface area contributed by atoms with E-state index in [0.717, 1.165) is 5.56 Å². The quantitative estimate of drug-likeness (QED) is 0.809. The number of nitrogens with one attached hydrogen (secondary N) is 1. The number of hydrogen-bond acceptors (Lipinski definition) is 3. The Morgan fingerprint density at radius 2 is 2.00 bits per heavy atom. The highest BCUT2D eigenvalue weighted by Crippen LogP contribution is 2.14. The molecule has 2 aromatic rings. The van der Waals surface area contributed by atoms with Gasteiger partial charge in [-0.15, -0.1) is 0 Å². The van der Waals surface area contributed by atoms with E-state index >= 15 is 0 Å². The number of aromatic nitrogens is 1. The van der Waals surface area contributed by atoms with Gasteiger partial charge in [-0.05, 0) is 36.8 Å². The Morgan fingerprint density at radius 3 is 2.61 bits per heavy atom. The lowest BCUT2D eigenvalue weighted by Gasteiger charge is -2.14. The molecule has 1 atom stereocenters. The zero-order valence-corrected chi connectivity index (χ0v) is 10.1. The summed E-state index contributed by atoms with van der Waals surface area (Å²) in [5.74, 6) is -0.132. The maximum absolute atomic E-state index is 11.9. The molecule has 0 bridgehead atoms. The van der Waals surface area contributed by atoms with E-state index in [9.17, 15) is 4.79 Å². The van der Waals surface area contributed by atoms with E-state index in [4.69, 9.17) is 5.73 Å². The predicted molar refractivity (Wildman–Crippen MR) is 71.0 cm³/mol. The number of hydrogen-bond donors (Lipinski definition) is 2. The van der Waals surface area contributed by atoms with Crippen LogP contribution in [0, 0.1) is 0 Å². The summed E-state index contributed by atoms with van der Waals surface area (Å²) in [5, 5.41) is 2.91. The van der Waals surface area contributed by atoms with Crippen molar-refractivity contribution in [2.75, 3.05) is 5.73 Å². The van der Waals surface area contributed by atoms with E-state index in [2.05, 4.69) is 10.3 Å². The van der Waals surface area contributed by atoms with E-state index in [0.29, 0.717) is 11.3 Å². The summed E-state index contributed by atoms with van der Waals surface area (Å²) in [6.07, 6.45) is 3.19. The summed E-state index contributed by atoms with van der Waals surface area (Å²) >= 11 is 0. The number of amides is 1. The SMILES string of the molecule is CC(NC(=O)c1cccnc1)c1ccc(N)cc1. The molecule has 1 heterocycles.